The Morgan fingerprint density at radius 2 is 1.70 bits per heavy atom. The summed E-state index contributed by atoms with van der Waals surface area (Å²) in [6.45, 7) is 7.59. The molecule has 23 heavy (non-hydrogen) atoms. The van der Waals surface area contributed by atoms with Crippen molar-refractivity contribution in [2.45, 2.75) is 51.5 Å². The molecule has 5 heteroatoms. The largest absolute Gasteiger partial charge is 0.479 e. The van der Waals surface area contributed by atoms with E-state index in [0.29, 0.717) is 5.92 Å². The van der Waals surface area contributed by atoms with Crippen molar-refractivity contribution in [2.75, 3.05) is 13.7 Å². The fourth-order valence-electron chi connectivity index (χ4n) is 2.40. The Hall–Kier alpha value is -1.88. The smallest absolute Gasteiger partial charge is 0.331 e. The van der Waals surface area contributed by atoms with Crippen LogP contribution in [0.1, 0.15) is 57.1 Å². The molecule has 0 radical (unpaired) electrons. The number of carboxylic acid groups (broad SMARTS) is 1. The van der Waals surface area contributed by atoms with Crippen LogP contribution < -0.4 is 5.32 Å². The third-order valence-corrected chi connectivity index (χ3v) is 3.98. The van der Waals surface area contributed by atoms with E-state index in [4.69, 9.17) is 4.74 Å². The van der Waals surface area contributed by atoms with E-state index in [1.807, 2.05) is 19.1 Å². The molecule has 2 N–H and O–H groups in total. The second kappa shape index (κ2) is 8.11. The molecule has 0 aromatic heterocycles. The van der Waals surface area contributed by atoms with Gasteiger partial charge in [-0.25, -0.2) is 4.79 Å². The molecule has 0 heterocycles. The van der Waals surface area contributed by atoms with Gasteiger partial charge in [0.2, 0.25) is 5.91 Å². The van der Waals surface area contributed by atoms with Gasteiger partial charge < -0.3 is 15.2 Å². The first kappa shape index (κ1) is 19.2. The molecule has 1 aromatic carbocycles. The molecule has 128 valence electrons. The van der Waals surface area contributed by atoms with E-state index in [1.54, 1.807) is 0 Å². The van der Waals surface area contributed by atoms with Gasteiger partial charge >= 0.3 is 5.97 Å². The lowest BCUT2D eigenvalue weighted by molar-refractivity contribution is -0.149. The zero-order valence-corrected chi connectivity index (χ0v) is 14.6. The van der Waals surface area contributed by atoms with Gasteiger partial charge in [-0.1, -0.05) is 45.0 Å². The van der Waals surface area contributed by atoms with E-state index in [-0.39, 0.29) is 24.9 Å². The van der Waals surface area contributed by atoms with Gasteiger partial charge in [0.05, 0.1) is 6.61 Å². The molecule has 0 aliphatic rings. The molecule has 0 saturated heterocycles. The van der Waals surface area contributed by atoms with E-state index in [1.165, 1.54) is 19.6 Å². The first-order valence-corrected chi connectivity index (χ1v) is 7.82. The second-order valence-electron chi connectivity index (χ2n) is 6.54. The van der Waals surface area contributed by atoms with Crippen LogP contribution in [0.2, 0.25) is 0 Å². The van der Waals surface area contributed by atoms with Crippen LogP contribution in [0.3, 0.4) is 0 Å². The number of carboxylic acids is 1. The maximum absolute atomic E-state index is 12.2. The predicted octanol–water partition coefficient (Wildman–Crippen LogP) is 2.91. The fourth-order valence-corrected chi connectivity index (χ4v) is 2.40. The molecule has 1 amide bonds. The van der Waals surface area contributed by atoms with Gasteiger partial charge in [-0.2, -0.15) is 0 Å². The van der Waals surface area contributed by atoms with Gasteiger partial charge in [0.15, 0.2) is 5.54 Å². The minimum atomic E-state index is -1.41. The quantitative estimate of drug-likeness (QED) is 0.772. The second-order valence-corrected chi connectivity index (χ2v) is 6.54. The van der Waals surface area contributed by atoms with Crippen LogP contribution in [0.15, 0.2) is 24.3 Å². The Labute approximate surface area is 138 Å². The summed E-state index contributed by atoms with van der Waals surface area (Å²) >= 11 is 0. The van der Waals surface area contributed by atoms with E-state index >= 15 is 0 Å². The van der Waals surface area contributed by atoms with Gasteiger partial charge in [0.1, 0.15) is 0 Å². The van der Waals surface area contributed by atoms with Crippen LogP contribution in [0, 0.1) is 0 Å². The number of aliphatic carboxylic acids is 1. The maximum atomic E-state index is 12.2. The Kier molecular flexibility index (Phi) is 6.76. The van der Waals surface area contributed by atoms with Crippen molar-refractivity contribution in [1.29, 1.82) is 0 Å². The van der Waals surface area contributed by atoms with Crippen molar-refractivity contribution >= 4 is 11.9 Å². The zero-order chi connectivity index (χ0) is 17.6. The highest BCUT2D eigenvalue weighted by Crippen LogP contribution is 2.22. The molecule has 0 spiro atoms. The molecule has 5 nitrogen and oxygen atoms in total. The number of carbonyl (C=O) groups is 2. The van der Waals surface area contributed by atoms with Crippen molar-refractivity contribution in [2.24, 2.45) is 0 Å². The van der Waals surface area contributed by atoms with E-state index < -0.39 is 11.5 Å². The number of hydrogen-bond donors (Lipinski definition) is 2. The molecule has 0 aliphatic carbocycles. The number of benzene rings is 1. The Balaban J connectivity index is 2.70. The van der Waals surface area contributed by atoms with Gasteiger partial charge in [-0.05, 0) is 29.9 Å². The Morgan fingerprint density at radius 3 is 2.13 bits per heavy atom. The topological polar surface area (TPSA) is 75.6 Å². The molecule has 1 rings (SSSR count). The summed E-state index contributed by atoms with van der Waals surface area (Å²) in [6.07, 6.45) is 0.230. The van der Waals surface area contributed by atoms with Gasteiger partial charge in [-0.15, -0.1) is 0 Å². The van der Waals surface area contributed by atoms with Crippen LogP contribution in [-0.4, -0.2) is 36.2 Å². The summed E-state index contributed by atoms with van der Waals surface area (Å²) < 4.78 is 4.90. The maximum Gasteiger partial charge on any atom is 0.331 e. The van der Waals surface area contributed by atoms with Crippen molar-refractivity contribution in [3.05, 3.63) is 35.4 Å². The highest BCUT2D eigenvalue weighted by Gasteiger charge is 2.35. The van der Waals surface area contributed by atoms with Crippen molar-refractivity contribution < 1.29 is 19.4 Å². The number of methoxy groups -OCH3 is 1. The van der Waals surface area contributed by atoms with Crippen molar-refractivity contribution in [1.82, 2.24) is 5.32 Å². The first-order chi connectivity index (χ1) is 10.7. The van der Waals surface area contributed by atoms with Crippen molar-refractivity contribution in [3.8, 4) is 0 Å². The number of rotatable bonds is 8. The number of carbonyl (C=O) groups excluding carboxylic acids is 1. The molecule has 2 unspecified atom stereocenters. The van der Waals surface area contributed by atoms with E-state index in [2.05, 4.69) is 31.3 Å². The highest BCUT2D eigenvalue weighted by atomic mass is 16.5. The van der Waals surface area contributed by atoms with Crippen LogP contribution >= 0.6 is 0 Å². The number of nitrogens with one attached hydrogen (secondary N) is 1. The standard InChI is InChI=1S/C18H27NO4/c1-12(2)14-6-8-15(9-7-14)13(3)10-16(20)19-18(4,11-23-5)17(21)22/h6-9,12-13H,10-11H2,1-5H3,(H,19,20)(H,21,22). The monoisotopic (exact) mass is 321 g/mol. The van der Waals surface area contributed by atoms with Crippen LogP contribution in [0.5, 0.6) is 0 Å². The summed E-state index contributed by atoms with van der Waals surface area (Å²) in [5.41, 5.74) is 0.907. The zero-order valence-electron chi connectivity index (χ0n) is 14.6. The van der Waals surface area contributed by atoms with Crippen LogP contribution in [-0.2, 0) is 14.3 Å². The summed E-state index contributed by atoms with van der Waals surface area (Å²) in [5, 5.41) is 11.8. The number of hydrogen-bond acceptors (Lipinski definition) is 3. The summed E-state index contributed by atoms with van der Waals surface area (Å²) in [6, 6.07) is 8.19. The third kappa shape index (κ3) is 5.36. The molecular formula is C18H27NO4. The average Bonchev–Trinajstić information content (AvgIpc) is 2.47. The summed E-state index contributed by atoms with van der Waals surface area (Å²) in [7, 11) is 1.41. The summed E-state index contributed by atoms with van der Waals surface area (Å²) in [4.78, 5) is 23.5. The van der Waals surface area contributed by atoms with Crippen LogP contribution in [0.25, 0.3) is 0 Å². The van der Waals surface area contributed by atoms with Gasteiger partial charge in [-0.3, -0.25) is 4.79 Å². The van der Waals surface area contributed by atoms with Gasteiger partial charge in [0.25, 0.3) is 0 Å². The highest BCUT2D eigenvalue weighted by molar-refractivity contribution is 5.87. The lowest BCUT2D eigenvalue weighted by Crippen LogP contribution is -2.55. The van der Waals surface area contributed by atoms with E-state index in [9.17, 15) is 14.7 Å². The third-order valence-electron chi connectivity index (χ3n) is 3.98. The number of ether oxygens (including phenoxy) is 1. The molecule has 0 saturated carbocycles. The average molecular weight is 321 g/mol. The van der Waals surface area contributed by atoms with E-state index in [0.717, 1.165) is 5.56 Å². The molecule has 0 aliphatic heterocycles. The Morgan fingerprint density at radius 1 is 1.17 bits per heavy atom. The minimum absolute atomic E-state index is 0.0109. The van der Waals surface area contributed by atoms with Crippen LogP contribution in [0.4, 0.5) is 0 Å². The molecule has 0 fully saturated rings. The number of amides is 1. The molecular weight excluding hydrogens is 294 g/mol. The summed E-state index contributed by atoms with van der Waals surface area (Å²) in [5.74, 6) is -0.932. The lowest BCUT2D eigenvalue weighted by Gasteiger charge is -2.26. The predicted molar refractivity (Wildman–Crippen MR) is 89.6 cm³/mol. The fraction of sp³-hybridized carbons (Fsp3) is 0.556. The normalized spacial score (nSPS) is 15.0. The van der Waals surface area contributed by atoms with Gasteiger partial charge in [0, 0.05) is 13.5 Å². The molecule has 0 bridgehead atoms. The minimum Gasteiger partial charge on any atom is -0.479 e. The van der Waals surface area contributed by atoms with Crippen molar-refractivity contribution in [3.63, 3.8) is 0 Å². The SMILES string of the molecule is COCC(C)(NC(=O)CC(C)c1ccc(C(C)C)cc1)C(=O)O. The Bertz CT molecular complexity index is 538. The first-order valence-electron chi connectivity index (χ1n) is 7.82. The molecule has 2 atom stereocenters. The molecule has 1 aromatic rings. The lowest BCUT2D eigenvalue weighted by atomic mass is 9.93.